The molecule has 0 spiro atoms. The number of nitrogens with zero attached hydrogens (tertiary/aromatic N) is 2. The number of hydrogen-bond donors (Lipinski definition) is 1. The summed E-state index contributed by atoms with van der Waals surface area (Å²) < 4.78 is 5.31. The highest BCUT2D eigenvalue weighted by molar-refractivity contribution is 5.68. The first-order valence-electron chi connectivity index (χ1n) is 9.15. The summed E-state index contributed by atoms with van der Waals surface area (Å²) in [5.74, 6) is 0. The molecule has 1 saturated heterocycles. The van der Waals surface area contributed by atoms with E-state index in [1.165, 1.54) is 5.56 Å². The van der Waals surface area contributed by atoms with E-state index in [1.807, 2.05) is 27.7 Å². The van der Waals surface area contributed by atoms with Crippen LogP contribution in [-0.4, -0.2) is 54.2 Å². The summed E-state index contributed by atoms with van der Waals surface area (Å²) in [6.45, 7) is 14.2. The molecule has 0 aromatic heterocycles. The third kappa shape index (κ3) is 6.33. The molecule has 1 aliphatic rings. The van der Waals surface area contributed by atoms with E-state index in [0.29, 0.717) is 6.04 Å². The fraction of sp³-hybridized carbons (Fsp3) is 0.650. The van der Waals surface area contributed by atoms with Crippen LogP contribution < -0.4 is 5.32 Å². The Hall–Kier alpha value is -1.59. The molecule has 2 atom stereocenters. The van der Waals surface area contributed by atoms with Crippen molar-refractivity contribution in [3.8, 4) is 0 Å². The van der Waals surface area contributed by atoms with Gasteiger partial charge in [0.15, 0.2) is 0 Å². The van der Waals surface area contributed by atoms with Gasteiger partial charge in [-0.1, -0.05) is 24.3 Å². The van der Waals surface area contributed by atoms with Crippen LogP contribution in [0.2, 0.25) is 0 Å². The van der Waals surface area contributed by atoms with Gasteiger partial charge in [0.2, 0.25) is 0 Å². The van der Waals surface area contributed by atoms with Gasteiger partial charge in [0, 0.05) is 32.2 Å². The smallest absolute Gasteiger partial charge is 0.408 e. The molecule has 5 nitrogen and oxygen atoms in total. The van der Waals surface area contributed by atoms with Crippen LogP contribution in [0.3, 0.4) is 0 Å². The Morgan fingerprint density at radius 3 is 2.48 bits per heavy atom. The SMILES string of the molecule is CC1CN(Cc2ccc([C@H](C)NC(=O)OC(C)(C)C)cc2)CCN1C. The maximum absolute atomic E-state index is 11.9. The minimum absolute atomic E-state index is 0.0763. The average Bonchev–Trinajstić information content (AvgIpc) is 2.49. The van der Waals surface area contributed by atoms with Gasteiger partial charge in [-0.25, -0.2) is 4.79 Å². The van der Waals surface area contributed by atoms with E-state index in [0.717, 1.165) is 31.7 Å². The van der Waals surface area contributed by atoms with Gasteiger partial charge in [-0.2, -0.15) is 0 Å². The van der Waals surface area contributed by atoms with E-state index < -0.39 is 5.60 Å². The number of nitrogens with one attached hydrogen (secondary N) is 1. The molecule has 1 heterocycles. The first-order chi connectivity index (χ1) is 11.6. The van der Waals surface area contributed by atoms with Crippen molar-refractivity contribution in [2.24, 2.45) is 0 Å². The maximum atomic E-state index is 11.9. The number of carbonyl (C=O) groups is 1. The second-order valence-corrected chi connectivity index (χ2v) is 8.17. The molecule has 5 heteroatoms. The second kappa shape index (κ2) is 8.19. The van der Waals surface area contributed by atoms with Crippen LogP contribution in [0.25, 0.3) is 0 Å². The molecule has 1 aromatic rings. The quantitative estimate of drug-likeness (QED) is 0.906. The van der Waals surface area contributed by atoms with Gasteiger partial charge < -0.3 is 15.0 Å². The van der Waals surface area contributed by atoms with E-state index in [1.54, 1.807) is 0 Å². The molecule has 0 aliphatic carbocycles. The van der Waals surface area contributed by atoms with Crippen LogP contribution in [0.1, 0.15) is 51.8 Å². The van der Waals surface area contributed by atoms with Gasteiger partial charge in [0.05, 0.1) is 6.04 Å². The molecule has 1 unspecified atom stereocenters. The number of amides is 1. The Morgan fingerprint density at radius 1 is 1.28 bits per heavy atom. The van der Waals surface area contributed by atoms with Gasteiger partial charge in [-0.15, -0.1) is 0 Å². The summed E-state index contributed by atoms with van der Waals surface area (Å²) in [5, 5.41) is 2.89. The van der Waals surface area contributed by atoms with Crippen molar-refractivity contribution in [2.75, 3.05) is 26.7 Å². The van der Waals surface area contributed by atoms with Crippen molar-refractivity contribution in [1.29, 1.82) is 0 Å². The number of likely N-dealkylation sites (N-methyl/N-ethyl adjacent to an activating group) is 1. The molecule has 2 rings (SSSR count). The largest absolute Gasteiger partial charge is 0.444 e. The van der Waals surface area contributed by atoms with E-state index in [9.17, 15) is 4.79 Å². The van der Waals surface area contributed by atoms with Gasteiger partial charge in [0.1, 0.15) is 5.60 Å². The van der Waals surface area contributed by atoms with E-state index in [4.69, 9.17) is 4.74 Å². The highest BCUT2D eigenvalue weighted by Gasteiger charge is 2.21. The van der Waals surface area contributed by atoms with Crippen LogP contribution in [0.4, 0.5) is 4.79 Å². The third-order valence-corrected chi connectivity index (χ3v) is 4.66. The molecule has 0 radical (unpaired) electrons. The molecule has 0 saturated carbocycles. The predicted octanol–water partition coefficient (Wildman–Crippen LogP) is 3.41. The molecule has 1 aliphatic heterocycles. The Bertz CT molecular complexity index is 565. The first kappa shape index (κ1) is 19.7. The minimum atomic E-state index is -0.479. The van der Waals surface area contributed by atoms with Gasteiger partial charge in [-0.3, -0.25) is 4.90 Å². The van der Waals surface area contributed by atoms with Gasteiger partial charge >= 0.3 is 6.09 Å². The lowest BCUT2D eigenvalue weighted by Gasteiger charge is -2.37. The lowest BCUT2D eigenvalue weighted by atomic mass is 10.1. The molecule has 0 bridgehead atoms. The first-order valence-corrected chi connectivity index (χ1v) is 9.15. The highest BCUT2D eigenvalue weighted by atomic mass is 16.6. The average molecular weight is 348 g/mol. The predicted molar refractivity (Wildman–Crippen MR) is 102 cm³/mol. The van der Waals surface area contributed by atoms with Crippen LogP contribution in [0, 0.1) is 0 Å². The van der Waals surface area contributed by atoms with Crippen LogP contribution in [0.15, 0.2) is 24.3 Å². The summed E-state index contributed by atoms with van der Waals surface area (Å²) in [7, 11) is 2.19. The number of benzene rings is 1. The van der Waals surface area contributed by atoms with Gasteiger partial charge in [-0.05, 0) is 52.8 Å². The normalized spacial score (nSPS) is 21.0. The van der Waals surface area contributed by atoms with E-state index in [-0.39, 0.29) is 12.1 Å². The molecular formula is C20H33N3O2. The summed E-state index contributed by atoms with van der Waals surface area (Å²) in [6.07, 6.45) is -0.379. The minimum Gasteiger partial charge on any atom is -0.444 e. The van der Waals surface area contributed by atoms with E-state index in [2.05, 4.69) is 53.4 Å². The number of alkyl carbamates (subject to hydrolysis) is 1. The molecule has 1 amide bonds. The lowest BCUT2D eigenvalue weighted by Crippen LogP contribution is -2.49. The Balaban J connectivity index is 1.87. The summed E-state index contributed by atoms with van der Waals surface area (Å²) in [4.78, 5) is 16.8. The Kier molecular flexibility index (Phi) is 6.47. The molecule has 1 N–H and O–H groups in total. The molecule has 25 heavy (non-hydrogen) atoms. The fourth-order valence-electron chi connectivity index (χ4n) is 3.01. The number of hydrogen-bond acceptors (Lipinski definition) is 4. The van der Waals surface area contributed by atoms with Crippen LogP contribution >= 0.6 is 0 Å². The Labute approximate surface area is 152 Å². The third-order valence-electron chi connectivity index (χ3n) is 4.66. The van der Waals surface area contributed by atoms with Crippen molar-refractivity contribution in [1.82, 2.24) is 15.1 Å². The molecule has 140 valence electrons. The van der Waals surface area contributed by atoms with Crippen molar-refractivity contribution in [2.45, 2.75) is 58.8 Å². The zero-order valence-electron chi connectivity index (χ0n) is 16.5. The topological polar surface area (TPSA) is 44.8 Å². The zero-order valence-corrected chi connectivity index (χ0v) is 16.5. The number of piperazine rings is 1. The monoisotopic (exact) mass is 347 g/mol. The maximum Gasteiger partial charge on any atom is 0.408 e. The van der Waals surface area contributed by atoms with Crippen molar-refractivity contribution >= 4 is 6.09 Å². The van der Waals surface area contributed by atoms with Crippen molar-refractivity contribution in [3.63, 3.8) is 0 Å². The zero-order chi connectivity index (χ0) is 18.6. The Morgan fingerprint density at radius 2 is 1.92 bits per heavy atom. The van der Waals surface area contributed by atoms with E-state index >= 15 is 0 Å². The van der Waals surface area contributed by atoms with Crippen molar-refractivity contribution in [3.05, 3.63) is 35.4 Å². The summed E-state index contributed by atoms with van der Waals surface area (Å²) in [5.41, 5.74) is 1.92. The highest BCUT2D eigenvalue weighted by Crippen LogP contribution is 2.17. The number of ether oxygens (including phenoxy) is 1. The molecular weight excluding hydrogens is 314 g/mol. The number of rotatable bonds is 4. The van der Waals surface area contributed by atoms with Crippen LogP contribution in [0.5, 0.6) is 0 Å². The molecule has 1 fully saturated rings. The summed E-state index contributed by atoms with van der Waals surface area (Å²) in [6, 6.07) is 9.03. The number of carbonyl (C=O) groups excluding carboxylic acids is 1. The standard InChI is InChI=1S/C20H33N3O2/c1-15-13-23(12-11-22(15)6)14-17-7-9-18(10-8-17)16(2)21-19(24)25-20(3,4)5/h7-10,15-16H,11-14H2,1-6H3,(H,21,24)/t15?,16-/m0/s1. The second-order valence-electron chi connectivity index (χ2n) is 8.17. The van der Waals surface area contributed by atoms with Gasteiger partial charge in [0.25, 0.3) is 0 Å². The summed E-state index contributed by atoms with van der Waals surface area (Å²) >= 11 is 0. The fourth-order valence-corrected chi connectivity index (χ4v) is 3.01. The van der Waals surface area contributed by atoms with Crippen LogP contribution in [-0.2, 0) is 11.3 Å². The molecule has 1 aromatic carbocycles. The lowest BCUT2D eigenvalue weighted by molar-refractivity contribution is 0.0508. The van der Waals surface area contributed by atoms with Crippen molar-refractivity contribution < 1.29 is 9.53 Å².